The molecule has 0 bridgehead atoms. The predicted molar refractivity (Wildman–Crippen MR) is 181 cm³/mol. The number of ether oxygens (including phenoxy) is 1. The highest BCUT2D eigenvalue weighted by Gasteiger charge is 2.22. The highest BCUT2D eigenvalue weighted by atomic mass is 16.5. The molecule has 1 unspecified atom stereocenters. The lowest BCUT2D eigenvalue weighted by Crippen LogP contribution is -2.16. The van der Waals surface area contributed by atoms with Crippen LogP contribution in [0.4, 0.5) is 0 Å². The molecule has 1 atom stereocenters. The maximum atomic E-state index is 9.86. The van der Waals surface area contributed by atoms with Crippen molar-refractivity contribution in [3.8, 4) is 22.9 Å². The van der Waals surface area contributed by atoms with Crippen molar-refractivity contribution in [3.63, 3.8) is 0 Å². The van der Waals surface area contributed by atoms with Gasteiger partial charge < -0.3 is 4.74 Å². The van der Waals surface area contributed by atoms with Crippen LogP contribution in [-0.4, -0.2) is 6.61 Å². The zero-order valence-electron chi connectivity index (χ0n) is 27.3. The van der Waals surface area contributed by atoms with Gasteiger partial charge in [-0.3, -0.25) is 0 Å². The van der Waals surface area contributed by atoms with Gasteiger partial charge >= 0.3 is 0 Å². The Kier molecular flexibility index (Phi) is 17.5. The Bertz CT molecular complexity index is 964. The summed E-state index contributed by atoms with van der Waals surface area (Å²) in [5.41, 5.74) is 3.72. The van der Waals surface area contributed by atoms with E-state index in [2.05, 4.69) is 68.4 Å². The van der Waals surface area contributed by atoms with Crippen LogP contribution in [0.3, 0.4) is 0 Å². The van der Waals surface area contributed by atoms with E-state index in [9.17, 15) is 5.26 Å². The lowest BCUT2D eigenvalue weighted by atomic mass is 9.77. The van der Waals surface area contributed by atoms with Gasteiger partial charge in [-0.05, 0) is 66.3 Å². The van der Waals surface area contributed by atoms with Gasteiger partial charge in [-0.25, -0.2) is 0 Å². The van der Waals surface area contributed by atoms with E-state index in [1.54, 1.807) is 0 Å². The van der Waals surface area contributed by atoms with Crippen molar-refractivity contribution in [2.45, 2.75) is 149 Å². The first kappa shape index (κ1) is 34.2. The summed E-state index contributed by atoms with van der Waals surface area (Å²) in [4.78, 5) is 0. The molecular weight excluding hydrogens is 510 g/mol. The van der Waals surface area contributed by atoms with Crippen molar-refractivity contribution < 1.29 is 4.74 Å². The van der Waals surface area contributed by atoms with Crippen molar-refractivity contribution in [2.24, 2.45) is 17.8 Å². The minimum absolute atomic E-state index is 0.129. The van der Waals surface area contributed by atoms with Crippen LogP contribution in [0.1, 0.15) is 148 Å². The van der Waals surface area contributed by atoms with Gasteiger partial charge in [-0.15, -0.1) is 0 Å². The van der Waals surface area contributed by atoms with Crippen molar-refractivity contribution in [3.05, 3.63) is 54.1 Å². The molecule has 1 fully saturated rings. The predicted octanol–water partition coefficient (Wildman–Crippen LogP) is 12.5. The lowest BCUT2D eigenvalue weighted by Gasteiger charge is -2.29. The number of nitriles is 1. The van der Waals surface area contributed by atoms with Gasteiger partial charge in [0, 0.05) is 0 Å². The van der Waals surface area contributed by atoms with E-state index in [-0.39, 0.29) is 5.92 Å². The normalized spacial score (nSPS) is 17.5. The molecule has 2 aromatic carbocycles. The highest BCUT2D eigenvalue weighted by Crippen LogP contribution is 2.35. The summed E-state index contributed by atoms with van der Waals surface area (Å²) in [7, 11) is 0. The second-order valence-corrected chi connectivity index (χ2v) is 13.2. The first-order valence-corrected chi connectivity index (χ1v) is 17.9. The minimum atomic E-state index is 0.129. The number of hydrogen-bond donors (Lipinski definition) is 0. The summed E-state index contributed by atoms with van der Waals surface area (Å²) in [5.74, 6) is 2.90. The lowest BCUT2D eigenvalue weighted by molar-refractivity contribution is 0.241. The average molecular weight is 572 g/mol. The number of unbranched alkanes of at least 4 members (excludes halogenated alkanes) is 11. The minimum Gasteiger partial charge on any atom is -0.494 e. The topological polar surface area (TPSA) is 33.0 Å². The third kappa shape index (κ3) is 13.8. The summed E-state index contributed by atoms with van der Waals surface area (Å²) < 4.78 is 5.99. The fraction of sp³-hybridized carbons (Fsp3) is 0.675. The van der Waals surface area contributed by atoms with E-state index in [4.69, 9.17) is 4.74 Å². The van der Waals surface area contributed by atoms with Gasteiger partial charge in [0.1, 0.15) is 5.75 Å². The van der Waals surface area contributed by atoms with Crippen molar-refractivity contribution in [1.29, 1.82) is 5.26 Å². The molecule has 42 heavy (non-hydrogen) atoms. The Morgan fingerprint density at radius 1 is 0.643 bits per heavy atom. The van der Waals surface area contributed by atoms with Crippen molar-refractivity contribution in [2.75, 3.05) is 6.61 Å². The maximum Gasteiger partial charge on any atom is 0.119 e. The first-order chi connectivity index (χ1) is 20.7. The molecule has 3 rings (SSSR count). The molecule has 0 heterocycles. The molecule has 1 aliphatic rings. The largest absolute Gasteiger partial charge is 0.494 e. The molecule has 0 amide bonds. The van der Waals surface area contributed by atoms with E-state index >= 15 is 0 Å². The molecule has 2 heteroatoms. The van der Waals surface area contributed by atoms with Crippen LogP contribution in [0.5, 0.6) is 5.75 Å². The maximum absolute atomic E-state index is 9.86. The molecule has 2 nitrogen and oxygen atoms in total. The second kappa shape index (κ2) is 21.4. The second-order valence-electron chi connectivity index (χ2n) is 13.2. The molecule has 0 N–H and O–H groups in total. The van der Waals surface area contributed by atoms with Gasteiger partial charge in [-0.2, -0.15) is 5.26 Å². The van der Waals surface area contributed by atoms with Gasteiger partial charge in [-0.1, -0.05) is 159 Å². The zero-order chi connectivity index (χ0) is 29.7. The Morgan fingerprint density at radius 2 is 1.14 bits per heavy atom. The molecule has 1 saturated carbocycles. The summed E-state index contributed by atoms with van der Waals surface area (Å²) in [6.45, 7) is 5.38. The molecule has 0 saturated heterocycles. The third-order valence-electron chi connectivity index (χ3n) is 9.68. The smallest absolute Gasteiger partial charge is 0.119 e. The van der Waals surface area contributed by atoms with Gasteiger partial charge in [0.25, 0.3) is 0 Å². The van der Waals surface area contributed by atoms with Gasteiger partial charge in [0.15, 0.2) is 0 Å². The van der Waals surface area contributed by atoms with E-state index < -0.39 is 0 Å². The van der Waals surface area contributed by atoms with E-state index in [1.165, 1.54) is 132 Å². The molecule has 1 aliphatic carbocycles. The molecule has 2 aromatic rings. The van der Waals surface area contributed by atoms with E-state index in [0.29, 0.717) is 0 Å². The average Bonchev–Trinajstić information content (AvgIpc) is 3.03. The molecule has 232 valence electrons. The fourth-order valence-electron chi connectivity index (χ4n) is 6.78. The Morgan fingerprint density at radius 3 is 1.71 bits per heavy atom. The van der Waals surface area contributed by atoms with Crippen molar-refractivity contribution in [1.82, 2.24) is 0 Å². The Labute approximate surface area is 259 Å². The van der Waals surface area contributed by atoms with Gasteiger partial charge in [0.05, 0.1) is 18.6 Å². The molecule has 0 spiro atoms. The third-order valence-corrected chi connectivity index (χ3v) is 9.68. The van der Waals surface area contributed by atoms with Crippen LogP contribution in [0.15, 0.2) is 48.5 Å². The summed E-state index contributed by atoms with van der Waals surface area (Å²) in [6.07, 6.45) is 27.8. The first-order valence-electron chi connectivity index (χ1n) is 17.9. The summed E-state index contributed by atoms with van der Waals surface area (Å²) in [6, 6.07) is 20.0. The standard InChI is InChI=1S/C40H61NO/c1-3-5-7-9-10-11-13-15-31-42-40-29-27-39(28-30-40)38-25-23-36(24-26-38)32-37(33-41)22-21-35-19-17-34(18-20-35)16-14-12-8-6-4-2/h23-30,34-35,37H,3-22,31-32H2,1-2H3. The van der Waals surface area contributed by atoms with Crippen LogP contribution >= 0.6 is 0 Å². The molecule has 0 radical (unpaired) electrons. The molecular formula is C40H61NO. The van der Waals surface area contributed by atoms with Crippen LogP contribution in [0.25, 0.3) is 11.1 Å². The van der Waals surface area contributed by atoms with E-state index in [1.807, 2.05) is 0 Å². The SMILES string of the molecule is CCCCCCCCCCOc1ccc(-c2ccc(CC(C#N)CCC3CCC(CCCCCCC)CC3)cc2)cc1. The van der Waals surface area contributed by atoms with Crippen LogP contribution in [-0.2, 0) is 6.42 Å². The zero-order valence-corrected chi connectivity index (χ0v) is 27.3. The summed E-state index contributed by atoms with van der Waals surface area (Å²) in [5, 5.41) is 9.86. The Hall–Kier alpha value is -2.27. The van der Waals surface area contributed by atoms with Crippen molar-refractivity contribution >= 4 is 0 Å². The Balaban J connectivity index is 1.31. The van der Waals surface area contributed by atoms with Crippen LogP contribution in [0, 0.1) is 29.1 Å². The summed E-state index contributed by atoms with van der Waals surface area (Å²) >= 11 is 0. The fourth-order valence-corrected chi connectivity index (χ4v) is 6.78. The highest BCUT2D eigenvalue weighted by molar-refractivity contribution is 5.64. The van der Waals surface area contributed by atoms with Gasteiger partial charge in [0.2, 0.25) is 0 Å². The number of nitrogens with zero attached hydrogens (tertiary/aromatic N) is 1. The van der Waals surface area contributed by atoms with E-state index in [0.717, 1.165) is 43.5 Å². The van der Waals surface area contributed by atoms with Crippen LogP contribution < -0.4 is 4.74 Å². The molecule has 0 aromatic heterocycles. The number of hydrogen-bond acceptors (Lipinski definition) is 2. The number of benzene rings is 2. The number of rotatable bonds is 22. The molecule has 0 aliphatic heterocycles. The van der Waals surface area contributed by atoms with Crippen LogP contribution in [0.2, 0.25) is 0 Å². The monoisotopic (exact) mass is 571 g/mol. The quantitative estimate of drug-likeness (QED) is 0.132.